The lowest BCUT2D eigenvalue weighted by atomic mass is 10.2. The first kappa shape index (κ1) is 16.3. The molecule has 7 nitrogen and oxygen atoms in total. The summed E-state index contributed by atoms with van der Waals surface area (Å²) in [5.41, 5.74) is -0.637. The van der Waals surface area contributed by atoms with E-state index >= 15 is 0 Å². The zero-order valence-corrected chi connectivity index (χ0v) is 11.8. The molecule has 0 saturated heterocycles. The molecule has 0 bridgehead atoms. The molecule has 0 atom stereocenters. The van der Waals surface area contributed by atoms with Crippen molar-refractivity contribution < 1.29 is 22.5 Å². The largest absolute Gasteiger partial charge is 0.483 e. The van der Waals surface area contributed by atoms with Crippen LogP contribution in [-0.2, 0) is 10.0 Å². The fraction of sp³-hybridized carbons (Fsp3) is 0.455. The number of nitrogens with zero attached hydrogens (tertiary/aromatic N) is 1. The number of benzene rings is 1. The molecule has 0 radical (unpaired) electrons. The van der Waals surface area contributed by atoms with Gasteiger partial charge in [-0.1, -0.05) is 13.8 Å². The van der Waals surface area contributed by atoms with Crippen LogP contribution in [0.15, 0.2) is 17.0 Å². The van der Waals surface area contributed by atoms with Crippen LogP contribution in [0.1, 0.15) is 26.7 Å². The van der Waals surface area contributed by atoms with Gasteiger partial charge in [0.1, 0.15) is 10.7 Å². The van der Waals surface area contributed by atoms with Crippen molar-refractivity contribution in [2.24, 2.45) is 5.14 Å². The Morgan fingerprint density at radius 1 is 1.40 bits per heavy atom. The minimum atomic E-state index is -4.38. The normalized spacial score (nSPS) is 11.7. The quantitative estimate of drug-likeness (QED) is 0.637. The molecule has 0 unspecified atom stereocenters. The Morgan fingerprint density at radius 2 is 1.95 bits per heavy atom. The van der Waals surface area contributed by atoms with E-state index in [-0.39, 0.29) is 11.9 Å². The lowest BCUT2D eigenvalue weighted by Gasteiger charge is -2.16. The van der Waals surface area contributed by atoms with Gasteiger partial charge in [0.25, 0.3) is 0 Å². The summed E-state index contributed by atoms with van der Waals surface area (Å²) >= 11 is 0. The van der Waals surface area contributed by atoms with E-state index in [9.17, 15) is 22.9 Å². The van der Waals surface area contributed by atoms with Crippen LogP contribution in [0, 0.1) is 15.9 Å². The summed E-state index contributed by atoms with van der Waals surface area (Å²) in [7, 11) is -4.38. The molecule has 0 amide bonds. The molecule has 0 aliphatic heterocycles. The number of nitrogens with two attached hydrogens (primary N) is 1. The molecule has 0 fully saturated rings. The summed E-state index contributed by atoms with van der Waals surface area (Å²) in [6.45, 7) is 3.63. The molecule has 1 aromatic rings. The van der Waals surface area contributed by atoms with E-state index in [1.54, 1.807) is 0 Å². The van der Waals surface area contributed by atoms with Gasteiger partial charge in [-0.15, -0.1) is 0 Å². The number of ether oxygens (including phenoxy) is 1. The first-order chi connectivity index (χ1) is 9.20. The van der Waals surface area contributed by atoms with Crippen LogP contribution in [0.25, 0.3) is 0 Å². The number of nitro groups is 1. The molecule has 0 saturated carbocycles. The van der Waals surface area contributed by atoms with Crippen molar-refractivity contribution in [1.82, 2.24) is 0 Å². The van der Waals surface area contributed by atoms with Crippen LogP contribution in [0.3, 0.4) is 0 Å². The summed E-state index contributed by atoms with van der Waals surface area (Å²) in [5.74, 6) is -1.49. The van der Waals surface area contributed by atoms with Crippen LogP contribution in [0.5, 0.6) is 5.75 Å². The molecule has 0 spiro atoms. The third-order valence-electron chi connectivity index (χ3n) is 2.72. The van der Waals surface area contributed by atoms with Gasteiger partial charge in [0.2, 0.25) is 10.0 Å². The molecular weight excluding hydrogens is 291 g/mol. The Hall–Kier alpha value is -1.74. The van der Waals surface area contributed by atoms with E-state index in [4.69, 9.17) is 9.88 Å². The molecule has 2 N–H and O–H groups in total. The van der Waals surface area contributed by atoms with Crippen LogP contribution in [-0.4, -0.2) is 19.4 Å². The van der Waals surface area contributed by atoms with Gasteiger partial charge in [-0.25, -0.2) is 17.9 Å². The maximum Gasteiger partial charge on any atom is 0.312 e. The SMILES string of the molecule is CCC(CC)Oc1cc(F)c(S(N)(=O)=O)cc1[N+](=O)[O-]. The zero-order valence-electron chi connectivity index (χ0n) is 11.0. The summed E-state index contributed by atoms with van der Waals surface area (Å²) in [6.07, 6.45) is 0.826. The molecular formula is C11H15FN2O5S. The third kappa shape index (κ3) is 3.64. The maximum atomic E-state index is 13.7. The first-order valence-electron chi connectivity index (χ1n) is 5.88. The number of sulfonamides is 1. The lowest BCUT2D eigenvalue weighted by molar-refractivity contribution is -0.386. The van der Waals surface area contributed by atoms with Crippen molar-refractivity contribution in [1.29, 1.82) is 0 Å². The van der Waals surface area contributed by atoms with E-state index in [1.807, 2.05) is 13.8 Å². The number of primary sulfonamides is 1. The summed E-state index contributed by atoms with van der Waals surface area (Å²) in [4.78, 5) is 9.17. The molecule has 0 aliphatic rings. The van der Waals surface area contributed by atoms with E-state index < -0.39 is 31.3 Å². The highest BCUT2D eigenvalue weighted by Crippen LogP contribution is 2.32. The number of halogens is 1. The highest BCUT2D eigenvalue weighted by molar-refractivity contribution is 7.89. The van der Waals surface area contributed by atoms with E-state index in [2.05, 4.69) is 0 Å². The van der Waals surface area contributed by atoms with Gasteiger partial charge >= 0.3 is 5.69 Å². The molecule has 0 heterocycles. The molecule has 112 valence electrons. The average Bonchev–Trinajstić information content (AvgIpc) is 2.33. The Bertz CT molecular complexity index is 613. The van der Waals surface area contributed by atoms with Crippen molar-refractivity contribution in [3.63, 3.8) is 0 Å². The smallest absolute Gasteiger partial charge is 0.312 e. The monoisotopic (exact) mass is 306 g/mol. The number of nitro benzene ring substituents is 1. The van der Waals surface area contributed by atoms with Crippen LogP contribution < -0.4 is 9.88 Å². The Balaban J connectivity index is 3.39. The Labute approximate surface area is 115 Å². The van der Waals surface area contributed by atoms with Gasteiger partial charge in [-0.3, -0.25) is 10.1 Å². The second kappa shape index (κ2) is 6.14. The summed E-state index contributed by atoms with van der Waals surface area (Å²) in [6, 6.07) is 1.25. The van der Waals surface area contributed by atoms with E-state index in [0.29, 0.717) is 25.0 Å². The molecule has 9 heteroatoms. The third-order valence-corrected chi connectivity index (χ3v) is 3.65. The van der Waals surface area contributed by atoms with Gasteiger partial charge in [0.15, 0.2) is 5.75 Å². The van der Waals surface area contributed by atoms with E-state index in [1.165, 1.54) is 0 Å². The van der Waals surface area contributed by atoms with Crippen molar-refractivity contribution in [2.75, 3.05) is 0 Å². The fourth-order valence-electron chi connectivity index (χ4n) is 1.61. The number of rotatable bonds is 6. The highest BCUT2D eigenvalue weighted by Gasteiger charge is 2.26. The molecule has 1 aromatic carbocycles. The minimum Gasteiger partial charge on any atom is -0.483 e. The lowest BCUT2D eigenvalue weighted by Crippen LogP contribution is -2.17. The predicted octanol–water partition coefficient (Wildman–Crippen LogP) is 1.95. The van der Waals surface area contributed by atoms with Gasteiger partial charge in [-0.2, -0.15) is 0 Å². The topological polar surface area (TPSA) is 113 Å². The molecule has 20 heavy (non-hydrogen) atoms. The zero-order chi connectivity index (χ0) is 15.5. The van der Waals surface area contributed by atoms with Gasteiger partial charge in [0.05, 0.1) is 11.0 Å². The van der Waals surface area contributed by atoms with Crippen LogP contribution in [0.4, 0.5) is 10.1 Å². The van der Waals surface area contributed by atoms with Crippen molar-refractivity contribution in [3.8, 4) is 5.75 Å². The van der Waals surface area contributed by atoms with Crippen molar-refractivity contribution in [2.45, 2.75) is 37.7 Å². The Morgan fingerprint density at radius 3 is 2.35 bits per heavy atom. The minimum absolute atomic E-state index is 0.311. The van der Waals surface area contributed by atoms with Crippen molar-refractivity contribution >= 4 is 15.7 Å². The number of hydrogen-bond donors (Lipinski definition) is 1. The van der Waals surface area contributed by atoms with Gasteiger partial charge < -0.3 is 4.74 Å². The molecule has 0 aromatic heterocycles. The fourth-order valence-corrected chi connectivity index (χ4v) is 2.22. The predicted molar refractivity (Wildman–Crippen MR) is 69.4 cm³/mol. The van der Waals surface area contributed by atoms with Crippen molar-refractivity contribution in [3.05, 3.63) is 28.1 Å². The first-order valence-corrected chi connectivity index (χ1v) is 7.42. The second-order valence-electron chi connectivity index (χ2n) is 4.11. The van der Waals surface area contributed by atoms with Crippen LogP contribution in [0.2, 0.25) is 0 Å². The Kier molecular flexibility index (Phi) is 5.01. The molecule has 1 rings (SSSR count). The standard InChI is InChI=1S/C11H15FN2O5S/c1-3-7(4-2)19-10-5-8(12)11(20(13,17)18)6-9(10)14(15)16/h5-7H,3-4H2,1-2H3,(H2,13,17,18). The number of hydrogen-bond acceptors (Lipinski definition) is 5. The summed E-state index contributed by atoms with van der Waals surface area (Å²) < 4.78 is 41.3. The molecule has 0 aliphatic carbocycles. The van der Waals surface area contributed by atoms with Gasteiger partial charge in [-0.05, 0) is 12.8 Å². The average molecular weight is 306 g/mol. The summed E-state index contributed by atoms with van der Waals surface area (Å²) in [5, 5.41) is 15.7. The van der Waals surface area contributed by atoms with Gasteiger partial charge in [0, 0.05) is 12.1 Å². The maximum absolute atomic E-state index is 13.7. The highest BCUT2D eigenvalue weighted by atomic mass is 32.2. The van der Waals surface area contributed by atoms with Crippen LogP contribution >= 0.6 is 0 Å². The van der Waals surface area contributed by atoms with E-state index in [0.717, 1.165) is 0 Å². The second-order valence-corrected chi connectivity index (χ2v) is 5.64.